The SMILES string of the molecule is CC(NC(=O)c1ccn2c(-c3ccccc3Cl)nnc2c1)c1ccccc1. The second-order valence-electron chi connectivity index (χ2n) is 6.25. The smallest absolute Gasteiger partial charge is 0.251 e. The third kappa shape index (κ3) is 3.41. The van der Waals surface area contributed by atoms with Crippen LogP contribution in [0.15, 0.2) is 72.9 Å². The summed E-state index contributed by atoms with van der Waals surface area (Å²) in [5, 5.41) is 12.0. The van der Waals surface area contributed by atoms with Gasteiger partial charge in [0, 0.05) is 17.3 Å². The first-order chi connectivity index (χ1) is 13.1. The van der Waals surface area contributed by atoms with Gasteiger partial charge in [-0.05, 0) is 36.8 Å². The van der Waals surface area contributed by atoms with E-state index in [2.05, 4.69) is 15.5 Å². The van der Waals surface area contributed by atoms with Crippen molar-refractivity contribution in [2.75, 3.05) is 0 Å². The van der Waals surface area contributed by atoms with Crippen molar-refractivity contribution < 1.29 is 4.79 Å². The normalized spacial score (nSPS) is 12.1. The minimum Gasteiger partial charge on any atom is -0.346 e. The molecule has 5 nitrogen and oxygen atoms in total. The summed E-state index contributed by atoms with van der Waals surface area (Å²) in [6.07, 6.45) is 1.79. The zero-order chi connectivity index (χ0) is 18.8. The number of carbonyl (C=O) groups is 1. The Hall–Kier alpha value is -3.18. The number of nitrogens with one attached hydrogen (secondary N) is 1. The first-order valence-electron chi connectivity index (χ1n) is 8.59. The molecule has 1 amide bonds. The van der Waals surface area contributed by atoms with Crippen LogP contribution in [0.2, 0.25) is 5.02 Å². The molecule has 0 fully saturated rings. The van der Waals surface area contributed by atoms with E-state index in [0.717, 1.165) is 11.1 Å². The molecule has 0 saturated carbocycles. The van der Waals surface area contributed by atoms with Gasteiger partial charge in [0.15, 0.2) is 11.5 Å². The van der Waals surface area contributed by atoms with Crippen molar-refractivity contribution in [1.29, 1.82) is 0 Å². The van der Waals surface area contributed by atoms with E-state index < -0.39 is 0 Å². The molecule has 2 aromatic carbocycles. The molecule has 0 aliphatic rings. The van der Waals surface area contributed by atoms with Gasteiger partial charge in [-0.3, -0.25) is 9.20 Å². The van der Waals surface area contributed by atoms with Crippen LogP contribution < -0.4 is 5.32 Å². The van der Waals surface area contributed by atoms with Crippen molar-refractivity contribution >= 4 is 23.2 Å². The molecule has 6 heteroatoms. The Kier molecular flexibility index (Phi) is 4.60. The van der Waals surface area contributed by atoms with Crippen LogP contribution in [0.25, 0.3) is 17.0 Å². The van der Waals surface area contributed by atoms with E-state index in [1.165, 1.54) is 0 Å². The fourth-order valence-corrected chi connectivity index (χ4v) is 3.18. The Morgan fingerprint density at radius 2 is 1.78 bits per heavy atom. The molecule has 0 aliphatic carbocycles. The molecule has 1 N–H and O–H groups in total. The van der Waals surface area contributed by atoms with E-state index in [0.29, 0.717) is 22.1 Å². The number of rotatable bonds is 4. The average molecular weight is 377 g/mol. The number of pyridine rings is 1. The van der Waals surface area contributed by atoms with Crippen LogP contribution >= 0.6 is 11.6 Å². The van der Waals surface area contributed by atoms with Crippen LogP contribution in [-0.2, 0) is 0 Å². The molecule has 0 saturated heterocycles. The summed E-state index contributed by atoms with van der Waals surface area (Å²) in [5.74, 6) is 0.483. The maximum atomic E-state index is 12.6. The predicted molar refractivity (Wildman–Crippen MR) is 106 cm³/mol. The highest BCUT2D eigenvalue weighted by Crippen LogP contribution is 2.26. The maximum absolute atomic E-state index is 12.6. The standard InChI is InChI=1S/C21H17ClN4O/c1-14(15-7-3-2-4-8-15)23-21(27)16-11-12-26-19(13-16)24-25-20(26)17-9-5-6-10-18(17)22/h2-14H,1H3,(H,23,27). The molecule has 0 radical (unpaired) electrons. The minimum atomic E-state index is -0.156. The van der Waals surface area contributed by atoms with Crippen molar-refractivity contribution in [3.8, 4) is 11.4 Å². The molecule has 0 spiro atoms. The van der Waals surface area contributed by atoms with Crippen molar-refractivity contribution in [2.24, 2.45) is 0 Å². The number of aromatic nitrogens is 3. The summed E-state index contributed by atoms with van der Waals surface area (Å²) in [4.78, 5) is 12.6. The predicted octanol–water partition coefficient (Wildman–Crippen LogP) is 4.54. The minimum absolute atomic E-state index is 0.0912. The van der Waals surface area contributed by atoms with Gasteiger partial charge in [-0.2, -0.15) is 0 Å². The topological polar surface area (TPSA) is 59.3 Å². The monoisotopic (exact) mass is 376 g/mol. The molecule has 27 heavy (non-hydrogen) atoms. The molecule has 2 aromatic heterocycles. The van der Waals surface area contributed by atoms with Gasteiger partial charge in [-0.25, -0.2) is 0 Å². The number of nitrogens with zero attached hydrogens (tertiary/aromatic N) is 3. The van der Waals surface area contributed by atoms with Gasteiger partial charge in [0.25, 0.3) is 5.91 Å². The van der Waals surface area contributed by atoms with E-state index in [4.69, 9.17) is 11.6 Å². The second kappa shape index (κ2) is 7.21. The summed E-state index contributed by atoms with van der Waals surface area (Å²) in [7, 11) is 0. The van der Waals surface area contributed by atoms with Gasteiger partial charge in [-0.15, -0.1) is 10.2 Å². The van der Waals surface area contributed by atoms with Crippen molar-refractivity contribution in [1.82, 2.24) is 19.9 Å². The summed E-state index contributed by atoms with van der Waals surface area (Å²) < 4.78 is 1.82. The highest BCUT2D eigenvalue weighted by molar-refractivity contribution is 6.33. The van der Waals surface area contributed by atoms with Gasteiger partial charge < -0.3 is 5.32 Å². The number of fused-ring (bicyclic) bond motifs is 1. The first-order valence-corrected chi connectivity index (χ1v) is 8.97. The fraction of sp³-hybridized carbons (Fsp3) is 0.0952. The van der Waals surface area contributed by atoms with Crippen LogP contribution in [0.5, 0.6) is 0 Å². The average Bonchev–Trinajstić information content (AvgIpc) is 3.12. The van der Waals surface area contributed by atoms with Gasteiger partial charge in [0.2, 0.25) is 0 Å². The lowest BCUT2D eigenvalue weighted by atomic mass is 10.1. The third-order valence-electron chi connectivity index (χ3n) is 4.43. The van der Waals surface area contributed by atoms with Gasteiger partial charge in [0.05, 0.1) is 11.1 Å². The second-order valence-corrected chi connectivity index (χ2v) is 6.66. The highest BCUT2D eigenvalue weighted by Gasteiger charge is 2.15. The summed E-state index contributed by atoms with van der Waals surface area (Å²) >= 11 is 6.27. The maximum Gasteiger partial charge on any atom is 0.251 e. The molecule has 0 aliphatic heterocycles. The van der Waals surface area contributed by atoms with Crippen LogP contribution in [0.1, 0.15) is 28.9 Å². The molecular formula is C21H17ClN4O. The molecule has 2 heterocycles. The Bertz CT molecular complexity index is 1110. The molecular weight excluding hydrogens is 360 g/mol. The van der Waals surface area contributed by atoms with Crippen molar-refractivity contribution in [2.45, 2.75) is 13.0 Å². The first kappa shape index (κ1) is 17.2. The molecule has 4 aromatic rings. The molecule has 0 bridgehead atoms. The van der Waals surface area contributed by atoms with Gasteiger partial charge in [-0.1, -0.05) is 54.1 Å². The highest BCUT2D eigenvalue weighted by atomic mass is 35.5. The lowest BCUT2D eigenvalue weighted by molar-refractivity contribution is 0.0940. The summed E-state index contributed by atoms with van der Waals surface area (Å²) in [6.45, 7) is 1.96. The Morgan fingerprint density at radius 3 is 2.56 bits per heavy atom. The zero-order valence-electron chi connectivity index (χ0n) is 14.6. The van der Waals surface area contributed by atoms with Crippen molar-refractivity contribution in [3.63, 3.8) is 0 Å². The van der Waals surface area contributed by atoms with Crippen LogP contribution in [0.4, 0.5) is 0 Å². The molecule has 4 rings (SSSR count). The summed E-state index contributed by atoms with van der Waals surface area (Å²) in [6, 6.07) is 20.7. The number of halogens is 1. The van der Waals surface area contributed by atoms with E-state index in [1.54, 1.807) is 18.3 Å². The van der Waals surface area contributed by atoms with E-state index in [9.17, 15) is 4.79 Å². The zero-order valence-corrected chi connectivity index (χ0v) is 15.4. The lowest BCUT2D eigenvalue weighted by Crippen LogP contribution is -2.26. The fourth-order valence-electron chi connectivity index (χ4n) is 2.96. The number of hydrogen-bond acceptors (Lipinski definition) is 3. The molecule has 1 atom stereocenters. The van der Waals surface area contributed by atoms with E-state index >= 15 is 0 Å². The number of amides is 1. The Balaban J connectivity index is 1.61. The van der Waals surface area contributed by atoms with Crippen LogP contribution in [-0.4, -0.2) is 20.5 Å². The number of benzene rings is 2. The Morgan fingerprint density at radius 1 is 1.04 bits per heavy atom. The van der Waals surface area contributed by atoms with Gasteiger partial charge in [0.1, 0.15) is 0 Å². The number of carbonyl (C=O) groups excluding carboxylic acids is 1. The molecule has 134 valence electrons. The third-order valence-corrected chi connectivity index (χ3v) is 4.76. The Labute approximate surface area is 161 Å². The lowest BCUT2D eigenvalue weighted by Gasteiger charge is -2.14. The quantitative estimate of drug-likeness (QED) is 0.568. The van der Waals surface area contributed by atoms with E-state index in [1.807, 2.05) is 65.9 Å². The van der Waals surface area contributed by atoms with Gasteiger partial charge >= 0.3 is 0 Å². The molecule has 1 unspecified atom stereocenters. The van der Waals surface area contributed by atoms with Crippen molar-refractivity contribution in [3.05, 3.63) is 89.1 Å². The van der Waals surface area contributed by atoms with Crippen LogP contribution in [0.3, 0.4) is 0 Å². The van der Waals surface area contributed by atoms with Crippen LogP contribution in [0, 0.1) is 0 Å². The number of hydrogen-bond donors (Lipinski definition) is 1. The largest absolute Gasteiger partial charge is 0.346 e. The summed E-state index contributed by atoms with van der Waals surface area (Å²) in [5.41, 5.74) is 2.96. The van der Waals surface area contributed by atoms with E-state index in [-0.39, 0.29) is 11.9 Å².